The summed E-state index contributed by atoms with van der Waals surface area (Å²) in [6, 6.07) is 0. The second-order valence-electron chi connectivity index (χ2n) is 11.9. The lowest BCUT2D eigenvalue weighted by Gasteiger charge is -2.64. The SMILES string of the molecule is CCOC(=O)C[C@@]1(O)CC[C@H]2[C@@H]3CC[C@H]4CC5(C[C@H](C)[C@]4(C)[C@H]3CC[C@@]21C)OCCO5. The molecule has 1 heterocycles. The maximum atomic E-state index is 12.3. The second kappa shape index (κ2) is 7.43. The first-order valence-corrected chi connectivity index (χ1v) is 12.8. The molecule has 0 bridgehead atoms. The van der Waals surface area contributed by atoms with Crippen molar-refractivity contribution < 1.29 is 24.1 Å². The number of aliphatic hydroxyl groups is 1. The van der Waals surface area contributed by atoms with Crippen molar-refractivity contribution >= 4 is 5.97 Å². The highest BCUT2D eigenvalue weighted by Gasteiger charge is 2.67. The first kappa shape index (κ1) is 22.2. The van der Waals surface area contributed by atoms with Crippen LogP contribution in [0.2, 0.25) is 0 Å². The summed E-state index contributed by atoms with van der Waals surface area (Å²) < 4.78 is 17.5. The van der Waals surface area contributed by atoms with Crippen molar-refractivity contribution in [2.45, 2.75) is 96.9 Å². The van der Waals surface area contributed by atoms with Gasteiger partial charge in [-0.15, -0.1) is 0 Å². The molecule has 31 heavy (non-hydrogen) atoms. The van der Waals surface area contributed by atoms with Crippen molar-refractivity contribution in [1.82, 2.24) is 0 Å². The molecule has 0 aromatic rings. The summed E-state index contributed by atoms with van der Waals surface area (Å²) in [7, 11) is 0. The van der Waals surface area contributed by atoms with Crippen LogP contribution in [-0.4, -0.2) is 42.3 Å². The first-order valence-electron chi connectivity index (χ1n) is 12.8. The summed E-state index contributed by atoms with van der Waals surface area (Å²) in [4.78, 5) is 12.3. The van der Waals surface area contributed by atoms with Gasteiger partial charge in [-0.05, 0) is 85.9 Å². The fourth-order valence-electron chi connectivity index (χ4n) is 9.29. The maximum Gasteiger partial charge on any atom is 0.308 e. The van der Waals surface area contributed by atoms with E-state index in [1.54, 1.807) is 0 Å². The molecule has 5 rings (SSSR count). The van der Waals surface area contributed by atoms with Crippen molar-refractivity contribution in [3.63, 3.8) is 0 Å². The van der Waals surface area contributed by atoms with E-state index in [1.165, 1.54) is 12.8 Å². The summed E-state index contributed by atoms with van der Waals surface area (Å²) >= 11 is 0. The normalized spacial score (nSPS) is 50.5. The predicted octanol–water partition coefficient (Wildman–Crippen LogP) is 4.70. The van der Waals surface area contributed by atoms with Gasteiger partial charge in [0.05, 0.1) is 31.8 Å². The standard InChI is InChI=1S/C26H42O5/c1-5-29-22(27)16-25(28)11-9-20-19-7-6-18-15-26(30-12-13-31-26)14-17(2)24(18,4)21(19)8-10-23(20,25)3/h17-21,28H,5-16H2,1-4H3/t17-,18-,19-,20-,21-,23-,24-,25-/m0/s1. The van der Waals surface area contributed by atoms with Gasteiger partial charge >= 0.3 is 5.97 Å². The predicted molar refractivity (Wildman–Crippen MR) is 117 cm³/mol. The third-order valence-corrected chi connectivity index (χ3v) is 11.1. The van der Waals surface area contributed by atoms with E-state index in [1.807, 2.05) is 6.92 Å². The van der Waals surface area contributed by atoms with Gasteiger partial charge in [0.15, 0.2) is 5.79 Å². The van der Waals surface area contributed by atoms with Gasteiger partial charge in [0.25, 0.3) is 0 Å². The average molecular weight is 435 g/mol. The Kier molecular flexibility index (Phi) is 5.31. The van der Waals surface area contributed by atoms with E-state index in [9.17, 15) is 9.90 Å². The average Bonchev–Trinajstić information content (AvgIpc) is 3.26. The Bertz CT molecular complexity index is 717. The molecule has 5 fully saturated rings. The van der Waals surface area contributed by atoms with Gasteiger partial charge in [0, 0.05) is 12.8 Å². The maximum absolute atomic E-state index is 12.3. The minimum absolute atomic E-state index is 0.152. The number of ether oxygens (including phenoxy) is 3. The van der Waals surface area contributed by atoms with E-state index in [0.29, 0.717) is 41.6 Å². The van der Waals surface area contributed by atoms with Crippen molar-refractivity contribution in [3.05, 3.63) is 0 Å². The molecule has 5 aliphatic rings. The molecule has 4 saturated carbocycles. The summed E-state index contributed by atoms with van der Waals surface area (Å²) in [5.41, 5.74) is -0.784. The smallest absolute Gasteiger partial charge is 0.308 e. The Hall–Kier alpha value is -0.650. The number of carbonyl (C=O) groups excluding carboxylic acids is 1. The zero-order valence-electron chi connectivity index (χ0n) is 20.0. The summed E-state index contributed by atoms with van der Waals surface area (Å²) in [5, 5.41) is 11.7. The van der Waals surface area contributed by atoms with Crippen molar-refractivity contribution in [2.24, 2.45) is 40.4 Å². The van der Waals surface area contributed by atoms with E-state index in [2.05, 4.69) is 20.8 Å². The molecule has 1 N–H and O–H groups in total. The molecule has 1 saturated heterocycles. The molecule has 5 nitrogen and oxygen atoms in total. The molecule has 0 aromatic carbocycles. The molecule has 1 spiro atoms. The Balaban J connectivity index is 1.38. The van der Waals surface area contributed by atoms with E-state index in [4.69, 9.17) is 14.2 Å². The van der Waals surface area contributed by atoms with Gasteiger partial charge in [0.1, 0.15) is 0 Å². The van der Waals surface area contributed by atoms with Gasteiger partial charge in [-0.25, -0.2) is 0 Å². The van der Waals surface area contributed by atoms with Crippen LogP contribution in [0.4, 0.5) is 0 Å². The molecule has 0 aromatic heterocycles. The van der Waals surface area contributed by atoms with Crippen molar-refractivity contribution in [1.29, 1.82) is 0 Å². The van der Waals surface area contributed by atoms with Gasteiger partial charge in [-0.2, -0.15) is 0 Å². The van der Waals surface area contributed by atoms with Crippen LogP contribution in [0.5, 0.6) is 0 Å². The van der Waals surface area contributed by atoms with Crippen LogP contribution < -0.4 is 0 Å². The molecule has 4 aliphatic carbocycles. The molecule has 0 amide bonds. The molecule has 1 aliphatic heterocycles. The number of esters is 1. The number of rotatable bonds is 3. The number of carbonyl (C=O) groups is 1. The van der Waals surface area contributed by atoms with Crippen molar-refractivity contribution in [2.75, 3.05) is 19.8 Å². The van der Waals surface area contributed by atoms with E-state index >= 15 is 0 Å². The fraction of sp³-hybridized carbons (Fsp3) is 0.962. The Labute approximate surface area is 187 Å². The molecule has 5 heteroatoms. The zero-order chi connectivity index (χ0) is 22.1. The summed E-state index contributed by atoms with van der Waals surface area (Å²) in [5.74, 6) is 2.51. The molecule has 8 atom stereocenters. The highest BCUT2D eigenvalue weighted by atomic mass is 16.7. The highest BCUT2D eigenvalue weighted by molar-refractivity contribution is 5.71. The van der Waals surface area contributed by atoms with Gasteiger partial charge in [-0.1, -0.05) is 20.8 Å². The number of hydrogen-bond acceptors (Lipinski definition) is 5. The number of fused-ring (bicyclic) bond motifs is 5. The topological polar surface area (TPSA) is 65.0 Å². The van der Waals surface area contributed by atoms with Crippen LogP contribution in [0.15, 0.2) is 0 Å². The van der Waals surface area contributed by atoms with E-state index in [0.717, 1.165) is 51.7 Å². The Morgan fingerprint density at radius 2 is 1.74 bits per heavy atom. The second-order valence-corrected chi connectivity index (χ2v) is 11.9. The lowest BCUT2D eigenvalue weighted by atomic mass is 9.42. The third-order valence-electron chi connectivity index (χ3n) is 11.1. The van der Waals surface area contributed by atoms with E-state index < -0.39 is 5.60 Å². The molecule has 0 unspecified atom stereocenters. The lowest BCUT2D eigenvalue weighted by molar-refractivity contribution is -0.250. The van der Waals surface area contributed by atoms with Gasteiger partial charge in [-0.3, -0.25) is 4.79 Å². The van der Waals surface area contributed by atoms with Crippen LogP contribution in [0.3, 0.4) is 0 Å². The quantitative estimate of drug-likeness (QED) is 0.652. The monoisotopic (exact) mass is 434 g/mol. The Morgan fingerprint density at radius 3 is 2.45 bits per heavy atom. The van der Waals surface area contributed by atoms with Crippen LogP contribution in [0.1, 0.15) is 85.5 Å². The van der Waals surface area contributed by atoms with E-state index in [-0.39, 0.29) is 23.6 Å². The minimum atomic E-state index is -0.916. The summed E-state index contributed by atoms with van der Waals surface area (Å²) in [6.07, 6.45) is 8.64. The minimum Gasteiger partial charge on any atom is -0.466 e. The van der Waals surface area contributed by atoms with Crippen LogP contribution in [0.25, 0.3) is 0 Å². The third kappa shape index (κ3) is 3.09. The van der Waals surface area contributed by atoms with Crippen LogP contribution in [-0.2, 0) is 19.0 Å². The molecule has 176 valence electrons. The van der Waals surface area contributed by atoms with Crippen molar-refractivity contribution in [3.8, 4) is 0 Å². The van der Waals surface area contributed by atoms with Gasteiger partial charge < -0.3 is 19.3 Å². The molecular weight excluding hydrogens is 392 g/mol. The van der Waals surface area contributed by atoms with Crippen LogP contribution in [0, 0.1) is 40.4 Å². The zero-order valence-corrected chi connectivity index (χ0v) is 20.0. The highest BCUT2D eigenvalue weighted by Crippen LogP contribution is 2.70. The molecule has 0 radical (unpaired) electrons. The largest absolute Gasteiger partial charge is 0.466 e. The molecular formula is C26H42O5. The number of hydrogen-bond donors (Lipinski definition) is 1. The summed E-state index contributed by atoms with van der Waals surface area (Å²) in [6.45, 7) is 11.0. The van der Waals surface area contributed by atoms with Crippen LogP contribution >= 0.6 is 0 Å². The fourth-order valence-corrected chi connectivity index (χ4v) is 9.29. The van der Waals surface area contributed by atoms with Gasteiger partial charge in [0.2, 0.25) is 0 Å². The Morgan fingerprint density at radius 1 is 1.03 bits per heavy atom. The lowest BCUT2D eigenvalue weighted by Crippen LogP contribution is -2.60. The first-order chi connectivity index (χ1) is 14.7.